The van der Waals surface area contributed by atoms with E-state index in [4.69, 9.17) is 9.47 Å². The van der Waals surface area contributed by atoms with Crippen LogP contribution in [0.15, 0.2) is 42.5 Å². The van der Waals surface area contributed by atoms with Crippen molar-refractivity contribution < 1.29 is 23.5 Å². The van der Waals surface area contributed by atoms with E-state index in [1.165, 1.54) is 24.3 Å². The number of anilines is 1. The highest BCUT2D eigenvalue weighted by atomic mass is 19.1. The molecule has 0 saturated carbocycles. The number of nitrogens with one attached hydrogen (secondary N) is 2. The second-order valence-electron chi connectivity index (χ2n) is 6.55. The number of carbonyl (C=O) groups is 2. The molecule has 7 nitrogen and oxygen atoms in total. The number of nitrogens with zero attached hydrogens (tertiary/aromatic N) is 1. The van der Waals surface area contributed by atoms with Gasteiger partial charge >= 0.3 is 0 Å². The first-order chi connectivity index (χ1) is 14.4. The number of ether oxygens (including phenoxy) is 2. The van der Waals surface area contributed by atoms with Crippen molar-refractivity contribution in [2.45, 2.75) is 20.4 Å². The highest BCUT2D eigenvalue weighted by Gasteiger charge is 2.13. The highest BCUT2D eigenvalue weighted by molar-refractivity contribution is 5.94. The van der Waals surface area contributed by atoms with E-state index in [1.807, 2.05) is 36.9 Å². The molecule has 2 N–H and O–H groups in total. The third-order valence-electron chi connectivity index (χ3n) is 4.32. The third-order valence-corrected chi connectivity index (χ3v) is 4.32. The molecule has 2 aromatic carbocycles. The lowest BCUT2D eigenvalue weighted by atomic mass is 10.2. The van der Waals surface area contributed by atoms with Gasteiger partial charge in [0, 0.05) is 12.2 Å². The van der Waals surface area contributed by atoms with Crippen molar-refractivity contribution in [3.63, 3.8) is 0 Å². The van der Waals surface area contributed by atoms with Crippen LogP contribution in [0.5, 0.6) is 11.5 Å². The van der Waals surface area contributed by atoms with E-state index in [0.29, 0.717) is 36.9 Å². The van der Waals surface area contributed by atoms with Gasteiger partial charge in [-0.05, 0) is 55.4 Å². The molecular weight excluding hydrogens is 389 g/mol. The Bertz CT molecular complexity index is 843. The SMILES string of the molecule is CCOc1ccc(CN(CC)CC(=O)NCC(=O)Nc2ccc(F)cc2)cc1OC. The average Bonchev–Trinajstić information content (AvgIpc) is 2.74. The Morgan fingerprint density at radius 2 is 1.77 bits per heavy atom. The summed E-state index contributed by atoms with van der Waals surface area (Å²) in [4.78, 5) is 26.1. The maximum absolute atomic E-state index is 12.9. The first kappa shape index (κ1) is 23.2. The van der Waals surface area contributed by atoms with Crippen molar-refractivity contribution in [1.29, 1.82) is 0 Å². The predicted molar refractivity (Wildman–Crippen MR) is 113 cm³/mol. The minimum Gasteiger partial charge on any atom is -0.493 e. The molecule has 0 aliphatic carbocycles. The quantitative estimate of drug-likeness (QED) is 0.588. The van der Waals surface area contributed by atoms with Crippen molar-refractivity contribution in [2.75, 3.05) is 38.7 Å². The highest BCUT2D eigenvalue weighted by Crippen LogP contribution is 2.28. The van der Waals surface area contributed by atoms with Gasteiger partial charge < -0.3 is 20.1 Å². The van der Waals surface area contributed by atoms with Crippen molar-refractivity contribution in [1.82, 2.24) is 10.2 Å². The number of halogens is 1. The summed E-state index contributed by atoms with van der Waals surface area (Å²) in [6.45, 7) is 5.61. The molecule has 0 bridgehead atoms. The summed E-state index contributed by atoms with van der Waals surface area (Å²) in [6.07, 6.45) is 0. The zero-order valence-corrected chi connectivity index (χ0v) is 17.5. The van der Waals surface area contributed by atoms with Crippen LogP contribution in [0.1, 0.15) is 19.4 Å². The third kappa shape index (κ3) is 7.36. The first-order valence-electron chi connectivity index (χ1n) is 9.79. The molecule has 0 fully saturated rings. The molecule has 0 radical (unpaired) electrons. The molecule has 162 valence electrons. The zero-order chi connectivity index (χ0) is 21.9. The Hall–Kier alpha value is -3.13. The summed E-state index contributed by atoms with van der Waals surface area (Å²) in [7, 11) is 1.59. The number of carbonyl (C=O) groups excluding carboxylic acids is 2. The topological polar surface area (TPSA) is 79.9 Å². The number of rotatable bonds is 11. The maximum Gasteiger partial charge on any atom is 0.243 e. The molecule has 0 aliphatic heterocycles. The summed E-state index contributed by atoms with van der Waals surface area (Å²) in [5.41, 5.74) is 1.45. The van der Waals surface area contributed by atoms with Crippen LogP contribution in [-0.4, -0.2) is 50.1 Å². The summed E-state index contributed by atoms with van der Waals surface area (Å²) in [6, 6.07) is 11.1. The fraction of sp³-hybridized carbons (Fsp3) is 0.364. The summed E-state index contributed by atoms with van der Waals surface area (Å²) >= 11 is 0. The molecule has 30 heavy (non-hydrogen) atoms. The van der Waals surface area contributed by atoms with Crippen molar-refractivity contribution in [3.05, 3.63) is 53.8 Å². The monoisotopic (exact) mass is 417 g/mol. The number of hydrogen-bond acceptors (Lipinski definition) is 5. The van der Waals surface area contributed by atoms with Gasteiger partial charge in [0.15, 0.2) is 11.5 Å². The van der Waals surface area contributed by atoms with Crippen LogP contribution in [-0.2, 0) is 16.1 Å². The van der Waals surface area contributed by atoms with Crippen LogP contribution >= 0.6 is 0 Å². The van der Waals surface area contributed by atoms with E-state index in [0.717, 1.165) is 5.56 Å². The molecule has 0 aliphatic rings. The lowest BCUT2D eigenvalue weighted by molar-refractivity contribution is -0.125. The summed E-state index contributed by atoms with van der Waals surface area (Å²) < 4.78 is 23.8. The van der Waals surface area contributed by atoms with Gasteiger partial charge in [-0.3, -0.25) is 14.5 Å². The van der Waals surface area contributed by atoms with E-state index in [1.54, 1.807) is 7.11 Å². The predicted octanol–water partition coefficient (Wildman–Crippen LogP) is 2.81. The van der Waals surface area contributed by atoms with Crippen molar-refractivity contribution in [3.8, 4) is 11.5 Å². The zero-order valence-electron chi connectivity index (χ0n) is 17.5. The van der Waals surface area contributed by atoms with Crippen molar-refractivity contribution in [2.24, 2.45) is 0 Å². The number of amides is 2. The minimum atomic E-state index is -0.383. The van der Waals surface area contributed by atoms with Crippen LogP contribution in [0.2, 0.25) is 0 Å². The number of hydrogen-bond donors (Lipinski definition) is 2. The van der Waals surface area contributed by atoms with Crippen LogP contribution in [0.25, 0.3) is 0 Å². The Labute approximate surface area is 176 Å². The van der Waals surface area contributed by atoms with Crippen LogP contribution in [0.4, 0.5) is 10.1 Å². The molecule has 0 atom stereocenters. The molecule has 8 heteroatoms. The van der Waals surface area contributed by atoms with Crippen LogP contribution in [0.3, 0.4) is 0 Å². The van der Waals surface area contributed by atoms with Gasteiger partial charge in [-0.2, -0.15) is 0 Å². The van der Waals surface area contributed by atoms with Gasteiger partial charge in [-0.1, -0.05) is 13.0 Å². The summed E-state index contributed by atoms with van der Waals surface area (Å²) in [5.74, 6) is 0.299. The Morgan fingerprint density at radius 1 is 1.03 bits per heavy atom. The fourth-order valence-electron chi connectivity index (χ4n) is 2.80. The maximum atomic E-state index is 12.9. The standard InChI is InChI=1S/C22H28FN3O4/c1-4-26(14-16-6-11-19(30-5-2)20(12-16)29-3)15-22(28)24-13-21(27)25-18-9-7-17(23)8-10-18/h6-12H,4-5,13-15H2,1-3H3,(H,24,28)(H,25,27). The van der Waals surface area contributed by atoms with Gasteiger partial charge in [0.25, 0.3) is 0 Å². The molecule has 2 rings (SSSR count). The Morgan fingerprint density at radius 3 is 2.40 bits per heavy atom. The second kappa shape index (κ2) is 11.8. The molecular formula is C22H28FN3O4. The smallest absolute Gasteiger partial charge is 0.243 e. The number of methoxy groups -OCH3 is 1. The molecule has 0 aromatic heterocycles. The first-order valence-corrected chi connectivity index (χ1v) is 9.79. The van der Waals surface area contributed by atoms with E-state index >= 15 is 0 Å². The normalized spacial score (nSPS) is 10.6. The number of benzene rings is 2. The summed E-state index contributed by atoms with van der Waals surface area (Å²) in [5, 5.41) is 5.20. The number of likely N-dealkylation sites (N-methyl/N-ethyl adjacent to an activating group) is 1. The van der Waals surface area contributed by atoms with E-state index < -0.39 is 0 Å². The minimum absolute atomic E-state index is 0.149. The fourth-order valence-corrected chi connectivity index (χ4v) is 2.80. The lowest BCUT2D eigenvalue weighted by Gasteiger charge is -2.20. The average molecular weight is 417 g/mol. The Kier molecular flexibility index (Phi) is 9.08. The molecule has 0 unspecified atom stereocenters. The molecule has 2 aromatic rings. The van der Waals surface area contributed by atoms with E-state index in [-0.39, 0.29) is 30.7 Å². The second-order valence-corrected chi connectivity index (χ2v) is 6.55. The van der Waals surface area contributed by atoms with Gasteiger partial charge in [0.2, 0.25) is 11.8 Å². The Balaban J connectivity index is 1.84. The van der Waals surface area contributed by atoms with Crippen LogP contribution in [0, 0.1) is 5.82 Å². The molecule has 2 amide bonds. The van der Waals surface area contributed by atoms with E-state index in [9.17, 15) is 14.0 Å². The molecule has 0 spiro atoms. The van der Waals surface area contributed by atoms with Gasteiger partial charge in [-0.15, -0.1) is 0 Å². The largest absolute Gasteiger partial charge is 0.493 e. The van der Waals surface area contributed by atoms with Crippen LogP contribution < -0.4 is 20.1 Å². The van der Waals surface area contributed by atoms with E-state index in [2.05, 4.69) is 10.6 Å². The molecule has 0 saturated heterocycles. The van der Waals surface area contributed by atoms with Crippen molar-refractivity contribution >= 4 is 17.5 Å². The van der Waals surface area contributed by atoms with Gasteiger partial charge in [0.05, 0.1) is 26.8 Å². The van der Waals surface area contributed by atoms with Gasteiger partial charge in [-0.25, -0.2) is 4.39 Å². The van der Waals surface area contributed by atoms with Gasteiger partial charge in [0.1, 0.15) is 5.82 Å². The lowest BCUT2D eigenvalue weighted by Crippen LogP contribution is -2.40. The molecule has 0 heterocycles.